The monoisotopic (exact) mass is 443 g/mol. The second-order valence-corrected chi connectivity index (χ2v) is 9.30. The number of hydrogen-bond acceptors (Lipinski definition) is 5. The molecule has 0 saturated carbocycles. The van der Waals surface area contributed by atoms with Crippen LogP contribution in [0.1, 0.15) is 26.7 Å². The Morgan fingerprint density at radius 3 is 2.13 bits per heavy atom. The van der Waals surface area contributed by atoms with Crippen LogP contribution in [-0.2, 0) is 24.4 Å². The minimum Gasteiger partial charge on any atom is -0.480 e. The summed E-state index contributed by atoms with van der Waals surface area (Å²) in [7, 11) is -3.77. The molecule has 2 rings (SSSR count). The molecule has 2 amide bonds. The molecule has 0 unspecified atom stereocenters. The number of nitrogens with zero attached hydrogens (tertiary/aromatic N) is 2. The van der Waals surface area contributed by atoms with Gasteiger partial charge in [0.15, 0.2) is 0 Å². The molecule has 0 aliphatic carbocycles. The van der Waals surface area contributed by atoms with Gasteiger partial charge in [0.2, 0.25) is 21.8 Å². The van der Waals surface area contributed by atoms with E-state index in [0.717, 1.165) is 12.1 Å². The zero-order chi connectivity index (χ0) is 22.5. The molecule has 1 aromatic carbocycles. The van der Waals surface area contributed by atoms with Gasteiger partial charge < -0.3 is 15.3 Å². The number of nitrogens with one attached hydrogen (secondary N) is 1. The van der Waals surface area contributed by atoms with Crippen molar-refractivity contribution in [3.05, 3.63) is 30.1 Å². The van der Waals surface area contributed by atoms with E-state index in [4.69, 9.17) is 5.11 Å². The van der Waals surface area contributed by atoms with Crippen LogP contribution < -0.4 is 5.32 Å². The highest BCUT2D eigenvalue weighted by atomic mass is 32.2. The Kier molecular flexibility index (Phi) is 7.90. The van der Waals surface area contributed by atoms with Crippen molar-refractivity contribution in [2.75, 3.05) is 26.2 Å². The molecule has 1 fully saturated rings. The van der Waals surface area contributed by atoms with Crippen LogP contribution in [0.2, 0.25) is 0 Å². The van der Waals surface area contributed by atoms with Crippen LogP contribution >= 0.6 is 0 Å². The summed E-state index contributed by atoms with van der Waals surface area (Å²) in [6.07, 6.45) is -0.246. The largest absolute Gasteiger partial charge is 0.480 e. The molecule has 0 bridgehead atoms. The van der Waals surface area contributed by atoms with Gasteiger partial charge >= 0.3 is 5.97 Å². The van der Waals surface area contributed by atoms with Crippen LogP contribution in [0.15, 0.2) is 29.2 Å². The highest BCUT2D eigenvalue weighted by Crippen LogP contribution is 2.18. The van der Waals surface area contributed by atoms with Crippen LogP contribution in [0.5, 0.6) is 0 Å². The van der Waals surface area contributed by atoms with Gasteiger partial charge in [0, 0.05) is 39.0 Å². The summed E-state index contributed by atoms with van der Waals surface area (Å²) in [5, 5.41) is 11.5. The highest BCUT2D eigenvalue weighted by Gasteiger charge is 2.30. The van der Waals surface area contributed by atoms with E-state index < -0.39 is 33.8 Å². The maximum atomic E-state index is 13.0. The summed E-state index contributed by atoms with van der Waals surface area (Å²) in [6.45, 7) is 3.86. The van der Waals surface area contributed by atoms with E-state index in [2.05, 4.69) is 5.32 Å². The molecular weight excluding hydrogens is 417 g/mol. The van der Waals surface area contributed by atoms with Gasteiger partial charge in [-0.2, -0.15) is 4.31 Å². The van der Waals surface area contributed by atoms with Gasteiger partial charge in [-0.3, -0.25) is 9.59 Å². The number of sulfonamides is 1. The first-order valence-corrected chi connectivity index (χ1v) is 11.0. The number of carboxylic acid groups (broad SMARTS) is 1. The van der Waals surface area contributed by atoms with Gasteiger partial charge in [0.25, 0.3) is 0 Å². The fourth-order valence-corrected chi connectivity index (χ4v) is 4.49. The number of carbonyl (C=O) groups is 3. The molecule has 1 aliphatic rings. The third kappa shape index (κ3) is 5.99. The molecule has 0 spiro atoms. The van der Waals surface area contributed by atoms with E-state index in [-0.39, 0.29) is 55.7 Å². The molecule has 30 heavy (non-hydrogen) atoms. The zero-order valence-corrected chi connectivity index (χ0v) is 17.7. The Bertz CT molecular complexity index is 880. The van der Waals surface area contributed by atoms with Gasteiger partial charge in [-0.1, -0.05) is 13.8 Å². The first-order chi connectivity index (χ1) is 14.0. The lowest BCUT2D eigenvalue weighted by molar-refractivity contribution is -0.143. The van der Waals surface area contributed by atoms with Crippen molar-refractivity contribution in [3.63, 3.8) is 0 Å². The number of carbonyl (C=O) groups excluding carboxylic acids is 2. The number of halogens is 1. The van der Waals surface area contributed by atoms with Crippen molar-refractivity contribution >= 4 is 27.8 Å². The van der Waals surface area contributed by atoms with Crippen LogP contribution in [0.25, 0.3) is 0 Å². The second kappa shape index (κ2) is 9.98. The molecule has 0 aromatic heterocycles. The highest BCUT2D eigenvalue weighted by molar-refractivity contribution is 7.89. The number of hydrogen-bond donors (Lipinski definition) is 2. The van der Waals surface area contributed by atoms with E-state index in [1.165, 1.54) is 21.3 Å². The molecule has 11 heteroatoms. The van der Waals surface area contributed by atoms with Crippen LogP contribution in [0.3, 0.4) is 0 Å². The van der Waals surface area contributed by atoms with E-state index in [9.17, 15) is 27.2 Å². The topological polar surface area (TPSA) is 124 Å². The smallest absolute Gasteiger partial charge is 0.326 e. The fourth-order valence-electron chi connectivity index (χ4n) is 3.07. The third-order valence-corrected chi connectivity index (χ3v) is 6.77. The lowest BCUT2D eigenvalue weighted by Crippen LogP contribution is -2.50. The van der Waals surface area contributed by atoms with Gasteiger partial charge in [-0.25, -0.2) is 17.6 Å². The third-order valence-electron chi connectivity index (χ3n) is 4.86. The Morgan fingerprint density at radius 2 is 1.63 bits per heavy atom. The minimum atomic E-state index is -3.77. The lowest BCUT2D eigenvalue weighted by atomic mass is 10.0. The molecule has 1 atom stereocenters. The van der Waals surface area contributed by atoms with E-state index in [0.29, 0.717) is 0 Å². The lowest BCUT2D eigenvalue weighted by Gasteiger charge is -2.34. The van der Waals surface area contributed by atoms with Crippen molar-refractivity contribution in [3.8, 4) is 0 Å². The average molecular weight is 443 g/mol. The van der Waals surface area contributed by atoms with Crippen molar-refractivity contribution in [1.29, 1.82) is 0 Å². The van der Waals surface area contributed by atoms with Crippen molar-refractivity contribution in [2.45, 2.75) is 37.6 Å². The summed E-state index contributed by atoms with van der Waals surface area (Å²) in [6, 6.07) is 3.52. The number of carboxylic acids is 1. The standard InChI is InChI=1S/C19H26FN3O6S/c1-13(2)18(19(26)27)21-16(24)7-8-17(25)22-9-11-23(12-10-22)30(28,29)15-5-3-14(20)4-6-15/h3-6,13,18H,7-12H2,1-2H3,(H,21,24)(H,26,27)/t18-/m0/s1. The molecule has 1 saturated heterocycles. The van der Waals surface area contributed by atoms with Gasteiger partial charge in [-0.15, -0.1) is 0 Å². The van der Waals surface area contributed by atoms with Crippen LogP contribution in [0.4, 0.5) is 4.39 Å². The predicted octanol–water partition coefficient (Wildman–Crippen LogP) is 0.664. The van der Waals surface area contributed by atoms with Crippen LogP contribution in [0, 0.1) is 11.7 Å². The first-order valence-electron chi connectivity index (χ1n) is 9.58. The van der Waals surface area contributed by atoms with E-state index in [1.54, 1.807) is 13.8 Å². The number of rotatable bonds is 8. The average Bonchev–Trinajstić information content (AvgIpc) is 2.70. The van der Waals surface area contributed by atoms with E-state index >= 15 is 0 Å². The first kappa shape index (κ1) is 23.7. The summed E-state index contributed by atoms with van der Waals surface area (Å²) >= 11 is 0. The Balaban J connectivity index is 1.84. The van der Waals surface area contributed by atoms with Crippen molar-refractivity contribution in [1.82, 2.24) is 14.5 Å². The summed E-state index contributed by atoms with van der Waals surface area (Å²) in [5.74, 6) is -2.79. The summed E-state index contributed by atoms with van der Waals surface area (Å²) in [4.78, 5) is 36.9. The SMILES string of the molecule is CC(C)[C@H](NC(=O)CCC(=O)N1CCN(S(=O)(=O)c2ccc(F)cc2)CC1)C(=O)O. The predicted molar refractivity (Wildman–Crippen MR) is 105 cm³/mol. The number of amides is 2. The molecule has 166 valence electrons. The van der Waals surface area contributed by atoms with E-state index in [1.807, 2.05) is 0 Å². The maximum absolute atomic E-state index is 13.0. The molecule has 1 aromatic rings. The zero-order valence-electron chi connectivity index (χ0n) is 16.9. The Labute approximate surface area is 174 Å². The van der Waals surface area contributed by atoms with Crippen molar-refractivity contribution < 1.29 is 32.3 Å². The van der Waals surface area contributed by atoms with Crippen molar-refractivity contribution in [2.24, 2.45) is 5.92 Å². The normalized spacial score (nSPS) is 16.3. The second-order valence-electron chi connectivity index (χ2n) is 7.37. The quantitative estimate of drug-likeness (QED) is 0.608. The Morgan fingerprint density at radius 1 is 1.07 bits per heavy atom. The number of piperazine rings is 1. The van der Waals surface area contributed by atoms with Gasteiger partial charge in [0.05, 0.1) is 4.90 Å². The summed E-state index contributed by atoms with van der Waals surface area (Å²) in [5.41, 5.74) is 0. The summed E-state index contributed by atoms with van der Waals surface area (Å²) < 4.78 is 39.5. The molecule has 1 aliphatic heterocycles. The minimum absolute atomic E-state index is 0.0153. The number of aliphatic carboxylic acids is 1. The molecule has 1 heterocycles. The Hall–Kier alpha value is -2.53. The van der Waals surface area contributed by atoms with Crippen LogP contribution in [-0.4, -0.2) is 72.7 Å². The molecule has 2 N–H and O–H groups in total. The fraction of sp³-hybridized carbons (Fsp3) is 0.526. The maximum Gasteiger partial charge on any atom is 0.326 e. The molecule has 0 radical (unpaired) electrons. The van der Waals surface area contributed by atoms with Gasteiger partial charge in [0.1, 0.15) is 11.9 Å². The molecular formula is C19H26FN3O6S. The number of benzene rings is 1. The molecule has 9 nitrogen and oxygen atoms in total. The van der Waals surface area contributed by atoms with Gasteiger partial charge in [-0.05, 0) is 30.2 Å².